The van der Waals surface area contributed by atoms with Gasteiger partial charge < -0.3 is 10.1 Å². The van der Waals surface area contributed by atoms with E-state index in [1.165, 1.54) is 0 Å². The van der Waals surface area contributed by atoms with Crippen LogP contribution in [0.2, 0.25) is 5.02 Å². The minimum absolute atomic E-state index is 0.416. The van der Waals surface area contributed by atoms with Crippen molar-refractivity contribution in [1.82, 2.24) is 5.32 Å². The maximum atomic E-state index is 6.16. The number of halogens is 1. The van der Waals surface area contributed by atoms with Crippen LogP contribution in [0.3, 0.4) is 0 Å². The summed E-state index contributed by atoms with van der Waals surface area (Å²) >= 11 is 6.16. The maximum absolute atomic E-state index is 6.16. The van der Waals surface area contributed by atoms with Gasteiger partial charge in [0.15, 0.2) is 0 Å². The van der Waals surface area contributed by atoms with Gasteiger partial charge in [0.1, 0.15) is 5.75 Å². The summed E-state index contributed by atoms with van der Waals surface area (Å²) in [5, 5.41) is 3.90. The molecule has 1 N–H and O–H groups in total. The molecule has 0 amide bonds. The molecular formula is C11H16ClNO. The lowest BCUT2D eigenvalue weighted by Crippen LogP contribution is -2.23. The standard InChI is InChI=1S/C11H16ClNO/c1-8(13-2)7-9-5-4-6-10(14-3)11(9)12/h4-6,8,13H,7H2,1-3H3. The van der Waals surface area contributed by atoms with Crippen LogP contribution in [-0.4, -0.2) is 20.2 Å². The summed E-state index contributed by atoms with van der Waals surface area (Å²) in [6.45, 7) is 2.12. The van der Waals surface area contributed by atoms with Crippen molar-refractivity contribution < 1.29 is 4.74 Å². The normalized spacial score (nSPS) is 12.6. The molecule has 1 aromatic carbocycles. The molecule has 0 aromatic heterocycles. The summed E-state index contributed by atoms with van der Waals surface area (Å²) in [7, 11) is 3.57. The van der Waals surface area contributed by atoms with Crippen LogP contribution in [0, 0.1) is 0 Å². The van der Waals surface area contributed by atoms with Gasteiger partial charge in [-0.3, -0.25) is 0 Å². The van der Waals surface area contributed by atoms with E-state index in [1.807, 2.05) is 25.2 Å². The van der Waals surface area contributed by atoms with Gasteiger partial charge in [0.2, 0.25) is 0 Å². The molecule has 78 valence electrons. The van der Waals surface area contributed by atoms with Crippen LogP contribution >= 0.6 is 11.6 Å². The van der Waals surface area contributed by atoms with E-state index in [9.17, 15) is 0 Å². The molecule has 0 spiro atoms. The molecule has 1 atom stereocenters. The highest BCUT2D eigenvalue weighted by Crippen LogP contribution is 2.28. The van der Waals surface area contributed by atoms with Gasteiger partial charge in [-0.25, -0.2) is 0 Å². The molecule has 14 heavy (non-hydrogen) atoms. The smallest absolute Gasteiger partial charge is 0.137 e. The lowest BCUT2D eigenvalue weighted by Gasteiger charge is -2.12. The zero-order chi connectivity index (χ0) is 10.6. The topological polar surface area (TPSA) is 21.3 Å². The fraction of sp³-hybridized carbons (Fsp3) is 0.455. The molecule has 0 saturated heterocycles. The monoisotopic (exact) mass is 213 g/mol. The highest BCUT2D eigenvalue weighted by molar-refractivity contribution is 6.32. The van der Waals surface area contributed by atoms with Gasteiger partial charge in [0, 0.05) is 6.04 Å². The SMILES string of the molecule is CNC(C)Cc1cccc(OC)c1Cl. The molecule has 0 fully saturated rings. The zero-order valence-corrected chi connectivity index (χ0v) is 9.56. The number of rotatable bonds is 4. The molecule has 0 aliphatic heterocycles. The molecule has 0 heterocycles. The minimum Gasteiger partial charge on any atom is -0.495 e. The number of ether oxygens (including phenoxy) is 1. The summed E-state index contributed by atoms with van der Waals surface area (Å²) in [6, 6.07) is 6.27. The quantitative estimate of drug-likeness (QED) is 0.830. The first-order valence-electron chi connectivity index (χ1n) is 4.67. The second kappa shape index (κ2) is 5.23. The number of likely N-dealkylation sites (N-methyl/N-ethyl adjacent to an activating group) is 1. The highest BCUT2D eigenvalue weighted by Gasteiger charge is 2.08. The van der Waals surface area contributed by atoms with E-state index in [4.69, 9.17) is 16.3 Å². The van der Waals surface area contributed by atoms with Crippen LogP contribution in [-0.2, 0) is 6.42 Å². The Balaban J connectivity index is 2.86. The lowest BCUT2D eigenvalue weighted by molar-refractivity contribution is 0.414. The van der Waals surface area contributed by atoms with Crippen LogP contribution in [0.1, 0.15) is 12.5 Å². The van der Waals surface area contributed by atoms with Crippen molar-refractivity contribution in [3.05, 3.63) is 28.8 Å². The second-order valence-corrected chi connectivity index (χ2v) is 3.71. The molecule has 1 rings (SSSR count). The molecule has 1 unspecified atom stereocenters. The van der Waals surface area contributed by atoms with E-state index in [0.717, 1.165) is 22.8 Å². The van der Waals surface area contributed by atoms with Crippen molar-refractivity contribution in [3.63, 3.8) is 0 Å². The van der Waals surface area contributed by atoms with Crippen molar-refractivity contribution in [2.24, 2.45) is 0 Å². The fourth-order valence-electron chi connectivity index (χ4n) is 1.30. The Bertz CT molecular complexity index is 301. The number of hydrogen-bond donors (Lipinski definition) is 1. The van der Waals surface area contributed by atoms with Crippen LogP contribution in [0.15, 0.2) is 18.2 Å². The Hall–Kier alpha value is -0.730. The molecule has 0 aliphatic carbocycles. The Morgan fingerprint density at radius 2 is 2.21 bits per heavy atom. The van der Waals surface area contributed by atoms with Crippen molar-refractivity contribution in [3.8, 4) is 5.75 Å². The number of nitrogens with one attached hydrogen (secondary N) is 1. The Labute approximate surface area is 90.2 Å². The third-order valence-electron chi connectivity index (χ3n) is 2.28. The molecule has 0 radical (unpaired) electrons. The van der Waals surface area contributed by atoms with Crippen LogP contribution in [0.5, 0.6) is 5.75 Å². The summed E-state index contributed by atoms with van der Waals surface area (Å²) in [5.41, 5.74) is 1.12. The fourth-order valence-corrected chi connectivity index (χ4v) is 1.58. The van der Waals surface area contributed by atoms with Crippen molar-refractivity contribution >= 4 is 11.6 Å². The summed E-state index contributed by atoms with van der Waals surface area (Å²) < 4.78 is 5.15. The Morgan fingerprint density at radius 1 is 1.50 bits per heavy atom. The van der Waals surface area contributed by atoms with Gasteiger partial charge in [-0.05, 0) is 32.0 Å². The molecule has 3 heteroatoms. The van der Waals surface area contributed by atoms with E-state index in [-0.39, 0.29) is 0 Å². The maximum Gasteiger partial charge on any atom is 0.137 e. The van der Waals surface area contributed by atoms with Gasteiger partial charge in [-0.2, -0.15) is 0 Å². The highest BCUT2D eigenvalue weighted by atomic mass is 35.5. The predicted octanol–water partition coefficient (Wildman–Crippen LogP) is 2.50. The van der Waals surface area contributed by atoms with Gasteiger partial charge in [-0.15, -0.1) is 0 Å². The van der Waals surface area contributed by atoms with E-state index < -0.39 is 0 Å². The Morgan fingerprint density at radius 3 is 2.79 bits per heavy atom. The van der Waals surface area contributed by atoms with Crippen LogP contribution in [0.25, 0.3) is 0 Å². The average molecular weight is 214 g/mol. The Kier molecular flexibility index (Phi) is 4.23. The van der Waals surface area contributed by atoms with Gasteiger partial charge >= 0.3 is 0 Å². The first-order chi connectivity index (χ1) is 6.69. The van der Waals surface area contributed by atoms with E-state index in [1.54, 1.807) is 7.11 Å². The average Bonchev–Trinajstić information content (AvgIpc) is 2.21. The first kappa shape index (κ1) is 11.3. The van der Waals surface area contributed by atoms with Gasteiger partial charge in [0.25, 0.3) is 0 Å². The summed E-state index contributed by atoms with van der Waals surface area (Å²) in [4.78, 5) is 0. The van der Waals surface area contributed by atoms with Gasteiger partial charge in [0.05, 0.1) is 12.1 Å². The third kappa shape index (κ3) is 2.63. The molecular weight excluding hydrogens is 198 g/mol. The van der Waals surface area contributed by atoms with Crippen molar-refractivity contribution in [1.29, 1.82) is 0 Å². The number of methoxy groups -OCH3 is 1. The lowest BCUT2D eigenvalue weighted by atomic mass is 10.1. The largest absolute Gasteiger partial charge is 0.495 e. The number of hydrogen-bond acceptors (Lipinski definition) is 2. The van der Waals surface area contributed by atoms with E-state index in [2.05, 4.69) is 12.2 Å². The van der Waals surface area contributed by atoms with E-state index >= 15 is 0 Å². The van der Waals surface area contributed by atoms with Crippen molar-refractivity contribution in [2.45, 2.75) is 19.4 Å². The third-order valence-corrected chi connectivity index (χ3v) is 2.71. The second-order valence-electron chi connectivity index (χ2n) is 3.33. The summed E-state index contributed by atoms with van der Waals surface area (Å²) in [6.07, 6.45) is 0.909. The zero-order valence-electron chi connectivity index (χ0n) is 8.80. The molecule has 0 bridgehead atoms. The van der Waals surface area contributed by atoms with Crippen LogP contribution in [0.4, 0.5) is 0 Å². The molecule has 2 nitrogen and oxygen atoms in total. The molecule has 0 saturated carbocycles. The van der Waals surface area contributed by atoms with Crippen molar-refractivity contribution in [2.75, 3.05) is 14.2 Å². The predicted molar refractivity (Wildman–Crippen MR) is 60.2 cm³/mol. The molecule has 0 aliphatic rings. The number of benzene rings is 1. The molecule has 1 aromatic rings. The van der Waals surface area contributed by atoms with Crippen LogP contribution < -0.4 is 10.1 Å². The summed E-state index contributed by atoms with van der Waals surface area (Å²) in [5.74, 6) is 0.743. The first-order valence-corrected chi connectivity index (χ1v) is 5.05. The van der Waals surface area contributed by atoms with E-state index in [0.29, 0.717) is 6.04 Å². The minimum atomic E-state index is 0.416. The van der Waals surface area contributed by atoms with Gasteiger partial charge in [-0.1, -0.05) is 23.7 Å².